The Labute approximate surface area is 111 Å². The second-order valence-electron chi connectivity index (χ2n) is 6.33. The van der Waals surface area contributed by atoms with E-state index >= 15 is 0 Å². The lowest BCUT2D eigenvalue weighted by Crippen LogP contribution is -2.44. The molecule has 3 heteroatoms. The van der Waals surface area contributed by atoms with Crippen molar-refractivity contribution < 1.29 is 0 Å². The van der Waals surface area contributed by atoms with E-state index in [1.807, 2.05) is 0 Å². The van der Waals surface area contributed by atoms with Crippen molar-refractivity contribution in [3.05, 3.63) is 11.6 Å². The Hall–Kier alpha value is -0.990. The molecule has 18 heavy (non-hydrogen) atoms. The molecule has 0 aromatic rings. The highest BCUT2D eigenvalue weighted by Crippen LogP contribution is 2.34. The minimum absolute atomic E-state index is 0.159. The van der Waals surface area contributed by atoms with Crippen LogP contribution < -0.4 is 11.1 Å². The zero-order chi connectivity index (χ0) is 13.0. The van der Waals surface area contributed by atoms with Gasteiger partial charge in [-0.15, -0.1) is 0 Å². The van der Waals surface area contributed by atoms with E-state index in [0.717, 1.165) is 6.54 Å². The molecule has 0 heterocycles. The van der Waals surface area contributed by atoms with Gasteiger partial charge in [0.2, 0.25) is 0 Å². The first-order valence-electron chi connectivity index (χ1n) is 7.34. The van der Waals surface area contributed by atoms with Gasteiger partial charge >= 0.3 is 0 Å². The first-order valence-corrected chi connectivity index (χ1v) is 7.34. The van der Waals surface area contributed by atoms with Gasteiger partial charge in [0.25, 0.3) is 0 Å². The summed E-state index contributed by atoms with van der Waals surface area (Å²) in [4.78, 5) is 4.54. The van der Waals surface area contributed by atoms with E-state index in [2.05, 4.69) is 30.2 Å². The van der Waals surface area contributed by atoms with Gasteiger partial charge in [0.05, 0.1) is 6.54 Å². The SMILES string of the molecule is CC(C)(CN=C(N)NC1CCC1)C1=CCCCC1. The fourth-order valence-electron chi connectivity index (χ4n) is 2.64. The quantitative estimate of drug-likeness (QED) is 0.457. The van der Waals surface area contributed by atoms with E-state index in [9.17, 15) is 0 Å². The highest BCUT2D eigenvalue weighted by molar-refractivity contribution is 5.78. The van der Waals surface area contributed by atoms with E-state index < -0.39 is 0 Å². The van der Waals surface area contributed by atoms with Gasteiger partial charge in [-0.2, -0.15) is 0 Å². The first kappa shape index (κ1) is 13.4. The molecule has 0 amide bonds. The molecule has 0 radical (unpaired) electrons. The Kier molecular flexibility index (Phi) is 4.31. The number of allylic oxidation sites excluding steroid dienone is 1. The molecular weight excluding hydrogens is 222 g/mol. The van der Waals surface area contributed by atoms with Crippen LogP contribution in [0.3, 0.4) is 0 Å². The summed E-state index contributed by atoms with van der Waals surface area (Å²) in [6.45, 7) is 5.36. The Morgan fingerprint density at radius 1 is 1.39 bits per heavy atom. The number of guanidine groups is 1. The van der Waals surface area contributed by atoms with Crippen molar-refractivity contribution in [2.45, 2.75) is 64.8 Å². The summed E-state index contributed by atoms with van der Waals surface area (Å²) in [5.74, 6) is 0.629. The van der Waals surface area contributed by atoms with Crippen LogP contribution in [0.2, 0.25) is 0 Å². The van der Waals surface area contributed by atoms with Crippen LogP contribution in [0.25, 0.3) is 0 Å². The molecule has 0 bridgehead atoms. The number of nitrogens with zero attached hydrogens (tertiary/aromatic N) is 1. The van der Waals surface area contributed by atoms with Crippen LogP contribution in [-0.2, 0) is 0 Å². The molecular formula is C15H27N3. The number of rotatable bonds is 4. The lowest BCUT2D eigenvalue weighted by molar-refractivity contribution is 0.380. The second kappa shape index (κ2) is 5.77. The molecule has 0 unspecified atom stereocenters. The molecule has 0 spiro atoms. The monoisotopic (exact) mass is 249 g/mol. The third-order valence-electron chi connectivity index (χ3n) is 4.26. The third kappa shape index (κ3) is 3.50. The van der Waals surface area contributed by atoms with Gasteiger partial charge in [0, 0.05) is 11.5 Å². The molecule has 0 atom stereocenters. The van der Waals surface area contributed by atoms with Gasteiger partial charge in [-0.05, 0) is 44.9 Å². The van der Waals surface area contributed by atoms with E-state index in [1.165, 1.54) is 44.9 Å². The van der Waals surface area contributed by atoms with Gasteiger partial charge < -0.3 is 11.1 Å². The van der Waals surface area contributed by atoms with Gasteiger partial charge in [-0.3, -0.25) is 4.99 Å². The van der Waals surface area contributed by atoms with Crippen molar-refractivity contribution in [2.24, 2.45) is 16.1 Å². The second-order valence-corrected chi connectivity index (χ2v) is 6.33. The van der Waals surface area contributed by atoms with Gasteiger partial charge in [-0.25, -0.2) is 0 Å². The van der Waals surface area contributed by atoms with E-state index in [4.69, 9.17) is 5.73 Å². The molecule has 2 aliphatic rings. The number of hydrogen-bond acceptors (Lipinski definition) is 1. The Morgan fingerprint density at radius 3 is 2.72 bits per heavy atom. The minimum atomic E-state index is 0.159. The van der Waals surface area contributed by atoms with E-state index in [1.54, 1.807) is 5.57 Å². The smallest absolute Gasteiger partial charge is 0.188 e. The molecule has 3 N–H and O–H groups in total. The average Bonchev–Trinajstić information content (AvgIpc) is 2.33. The standard InChI is InChI=1S/C15H27N3/c1-15(2,12-7-4-3-5-8-12)11-17-14(16)18-13-9-6-10-13/h7,13H,3-6,8-11H2,1-2H3,(H3,16,17,18). The van der Waals surface area contributed by atoms with Crippen LogP contribution in [0.5, 0.6) is 0 Å². The summed E-state index contributed by atoms with van der Waals surface area (Å²) in [6, 6.07) is 0.575. The first-order chi connectivity index (χ1) is 8.58. The van der Waals surface area contributed by atoms with Crippen LogP contribution in [0.4, 0.5) is 0 Å². The largest absolute Gasteiger partial charge is 0.370 e. The van der Waals surface area contributed by atoms with E-state index in [-0.39, 0.29) is 5.41 Å². The van der Waals surface area contributed by atoms with Gasteiger partial charge in [0.15, 0.2) is 5.96 Å². The van der Waals surface area contributed by atoms with Crippen LogP contribution in [-0.4, -0.2) is 18.5 Å². The van der Waals surface area contributed by atoms with Crippen molar-refractivity contribution in [1.29, 1.82) is 0 Å². The number of aliphatic imine (C=N–C) groups is 1. The van der Waals surface area contributed by atoms with E-state index in [0.29, 0.717) is 12.0 Å². The van der Waals surface area contributed by atoms with Crippen LogP contribution in [0.15, 0.2) is 16.6 Å². The molecule has 0 aromatic carbocycles. The lowest BCUT2D eigenvalue weighted by atomic mass is 9.78. The highest BCUT2D eigenvalue weighted by atomic mass is 15.1. The predicted octanol–water partition coefficient (Wildman–Crippen LogP) is 2.97. The zero-order valence-corrected chi connectivity index (χ0v) is 11.8. The van der Waals surface area contributed by atoms with Crippen molar-refractivity contribution in [3.8, 4) is 0 Å². The van der Waals surface area contributed by atoms with Gasteiger partial charge in [-0.1, -0.05) is 25.5 Å². The summed E-state index contributed by atoms with van der Waals surface area (Å²) in [7, 11) is 0. The Morgan fingerprint density at radius 2 is 2.17 bits per heavy atom. The zero-order valence-electron chi connectivity index (χ0n) is 11.8. The molecule has 102 valence electrons. The number of nitrogens with one attached hydrogen (secondary N) is 1. The Bertz CT molecular complexity index is 338. The summed E-state index contributed by atoms with van der Waals surface area (Å²) in [6.07, 6.45) is 11.4. The lowest BCUT2D eigenvalue weighted by Gasteiger charge is -2.30. The molecule has 1 saturated carbocycles. The third-order valence-corrected chi connectivity index (χ3v) is 4.26. The minimum Gasteiger partial charge on any atom is -0.370 e. The summed E-state index contributed by atoms with van der Waals surface area (Å²) < 4.78 is 0. The fraction of sp³-hybridized carbons (Fsp3) is 0.800. The number of nitrogens with two attached hydrogens (primary N) is 1. The maximum atomic E-state index is 5.94. The van der Waals surface area contributed by atoms with Crippen molar-refractivity contribution in [3.63, 3.8) is 0 Å². The topological polar surface area (TPSA) is 50.4 Å². The predicted molar refractivity (Wildman–Crippen MR) is 77.6 cm³/mol. The van der Waals surface area contributed by atoms with Crippen molar-refractivity contribution in [2.75, 3.05) is 6.54 Å². The molecule has 3 nitrogen and oxygen atoms in total. The molecule has 2 rings (SSSR count). The Balaban J connectivity index is 1.86. The summed E-state index contributed by atoms with van der Waals surface area (Å²) in [5, 5.41) is 3.30. The molecule has 1 fully saturated rings. The summed E-state index contributed by atoms with van der Waals surface area (Å²) in [5.41, 5.74) is 7.66. The maximum Gasteiger partial charge on any atom is 0.188 e. The van der Waals surface area contributed by atoms with Gasteiger partial charge in [0.1, 0.15) is 0 Å². The fourth-order valence-corrected chi connectivity index (χ4v) is 2.64. The molecule has 2 aliphatic carbocycles. The maximum absolute atomic E-state index is 5.94. The van der Waals surface area contributed by atoms with Crippen molar-refractivity contribution in [1.82, 2.24) is 5.32 Å². The molecule has 0 aromatic heterocycles. The highest BCUT2D eigenvalue weighted by Gasteiger charge is 2.24. The van der Waals surface area contributed by atoms with Crippen LogP contribution >= 0.6 is 0 Å². The summed E-state index contributed by atoms with van der Waals surface area (Å²) >= 11 is 0. The van der Waals surface area contributed by atoms with Crippen LogP contribution in [0, 0.1) is 5.41 Å². The molecule has 0 aliphatic heterocycles. The normalized spacial score (nSPS) is 22.3. The average molecular weight is 249 g/mol. The van der Waals surface area contributed by atoms with Crippen molar-refractivity contribution >= 4 is 5.96 Å². The molecule has 0 saturated heterocycles. The number of hydrogen-bond donors (Lipinski definition) is 2. The van der Waals surface area contributed by atoms with Crippen LogP contribution in [0.1, 0.15) is 58.8 Å².